The van der Waals surface area contributed by atoms with Gasteiger partial charge in [0.25, 0.3) is 0 Å². The Kier molecular flexibility index (Phi) is 6.98. The summed E-state index contributed by atoms with van der Waals surface area (Å²) in [6.07, 6.45) is 5.37. The standard InChI is InChI=1S/C17H26N4O4S/c1-21(9-7-5-6-8-20-26(4,22)23)17-13-10-15(24-2)16(25-3)11-14(13)18-12-19-17/h10-12,20H,5-9H2,1-4H3. The summed E-state index contributed by atoms with van der Waals surface area (Å²) in [4.78, 5) is 10.8. The van der Waals surface area contributed by atoms with Crippen LogP contribution in [0.15, 0.2) is 18.5 Å². The molecule has 0 amide bonds. The quantitative estimate of drug-likeness (QED) is 0.626. The summed E-state index contributed by atoms with van der Waals surface area (Å²) in [5.74, 6) is 2.09. The highest BCUT2D eigenvalue weighted by Crippen LogP contribution is 2.34. The van der Waals surface area contributed by atoms with E-state index in [9.17, 15) is 8.42 Å². The van der Waals surface area contributed by atoms with Gasteiger partial charge in [0.1, 0.15) is 12.1 Å². The van der Waals surface area contributed by atoms with Gasteiger partial charge in [0, 0.05) is 31.6 Å². The van der Waals surface area contributed by atoms with Gasteiger partial charge in [-0.15, -0.1) is 0 Å². The second-order valence-electron chi connectivity index (χ2n) is 6.07. The van der Waals surface area contributed by atoms with Crippen molar-refractivity contribution in [2.24, 2.45) is 0 Å². The Morgan fingerprint density at radius 3 is 2.42 bits per heavy atom. The summed E-state index contributed by atoms with van der Waals surface area (Å²) in [6.45, 7) is 1.27. The third kappa shape index (κ3) is 5.43. The van der Waals surface area contributed by atoms with Gasteiger partial charge < -0.3 is 14.4 Å². The zero-order chi connectivity index (χ0) is 19.2. The molecule has 1 aromatic carbocycles. The first-order chi connectivity index (χ1) is 12.4. The van der Waals surface area contributed by atoms with Crippen molar-refractivity contribution >= 4 is 26.7 Å². The molecule has 0 aliphatic heterocycles. The number of aromatic nitrogens is 2. The molecule has 0 unspecified atom stereocenters. The Bertz CT molecular complexity index is 842. The van der Waals surface area contributed by atoms with Crippen LogP contribution in [0.3, 0.4) is 0 Å². The van der Waals surface area contributed by atoms with Gasteiger partial charge >= 0.3 is 0 Å². The highest BCUT2D eigenvalue weighted by Gasteiger charge is 2.13. The summed E-state index contributed by atoms with van der Waals surface area (Å²) in [7, 11) is 2.06. The van der Waals surface area contributed by atoms with E-state index in [4.69, 9.17) is 9.47 Å². The third-order valence-electron chi connectivity index (χ3n) is 4.02. The normalized spacial score (nSPS) is 11.5. The Morgan fingerprint density at radius 2 is 1.77 bits per heavy atom. The van der Waals surface area contributed by atoms with Gasteiger partial charge in [-0.25, -0.2) is 23.1 Å². The molecular weight excluding hydrogens is 356 g/mol. The summed E-state index contributed by atoms with van der Waals surface area (Å²) in [5.41, 5.74) is 0.789. The van der Waals surface area contributed by atoms with Crippen LogP contribution in [-0.4, -0.2) is 59.0 Å². The van der Waals surface area contributed by atoms with E-state index in [1.54, 1.807) is 14.2 Å². The first-order valence-corrected chi connectivity index (χ1v) is 10.3. The van der Waals surface area contributed by atoms with Crippen molar-refractivity contribution < 1.29 is 17.9 Å². The van der Waals surface area contributed by atoms with E-state index in [-0.39, 0.29) is 0 Å². The molecular formula is C17H26N4O4S. The maximum atomic E-state index is 11.0. The zero-order valence-corrected chi connectivity index (χ0v) is 16.5. The van der Waals surface area contributed by atoms with Gasteiger partial charge in [-0.2, -0.15) is 0 Å². The van der Waals surface area contributed by atoms with Crippen molar-refractivity contribution in [2.75, 3.05) is 45.5 Å². The van der Waals surface area contributed by atoms with Crippen LogP contribution in [0.2, 0.25) is 0 Å². The molecule has 1 heterocycles. The first kappa shape index (κ1) is 20.2. The number of hydrogen-bond acceptors (Lipinski definition) is 7. The lowest BCUT2D eigenvalue weighted by Gasteiger charge is -2.20. The molecule has 0 spiro atoms. The SMILES string of the molecule is COc1cc2ncnc(N(C)CCCCCNS(C)(=O)=O)c2cc1OC. The predicted molar refractivity (Wildman–Crippen MR) is 103 cm³/mol. The monoisotopic (exact) mass is 382 g/mol. The van der Waals surface area contributed by atoms with Crippen LogP contribution < -0.4 is 19.1 Å². The van der Waals surface area contributed by atoms with Crippen LogP contribution in [0.5, 0.6) is 11.5 Å². The highest BCUT2D eigenvalue weighted by atomic mass is 32.2. The fraction of sp³-hybridized carbons (Fsp3) is 0.529. The Hall–Kier alpha value is -2.13. The molecule has 0 radical (unpaired) electrons. The molecule has 0 atom stereocenters. The van der Waals surface area contributed by atoms with Crippen molar-refractivity contribution in [2.45, 2.75) is 19.3 Å². The molecule has 1 N–H and O–H groups in total. The lowest BCUT2D eigenvalue weighted by atomic mass is 10.2. The number of fused-ring (bicyclic) bond motifs is 1. The van der Waals surface area contributed by atoms with Crippen LogP contribution in [0.25, 0.3) is 10.9 Å². The summed E-state index contributed by atoms with van der Waals surface area (Å²) in [6, 6.07) is 3.72. The van der Waals surface area contributed by atoms with E-state index in [1.807, 2.05) is 19.2 Å². The van der Waals surface area contributed by atoms with Gasteiger partial charge in [0.15, 0.2) is 11.5 Å². The molecule has 8 nitrogen and oxygen atoms in total. The summed E-state index contributed by atoms with van der Waals surface area (Å²) in [5, 5.41) is 0.895. The topological polar surface area (TPSA) is 93.7 Å². The molecule has 9 heteroatoms. The highest BCUT2D eigenvalue weighted by molar-refractivity contribution is 7.88. The zero-order valence-electron chi connectivity index (χ0n) is 15.7. The number of sulfonamides is 1. The number of benzene rings is 1. The number of anilines is 1. The van der Waals surface area contributed by atoms with Crippen molar-refractivity contribution in [3.63, 3.8) is 0 Å². The van der Waals surface area contributed by atoms with Crippen LogP contribution in [0.1, 0.15) is 19.3 Å². The van der Waals surface area contributed by atoms with Gasteiger partial charge in [0.05, 0.1) is 26.0 Å². The molecule has 1 aromatic heterocycles. The molecule has 2 rings (SSSR count). The Morgan fingerprint density at radius 1 is 1.08 bits per heavy atom. The number of unbranched alkanes of at least 4 members (excludes halogenated alkanes) is 2. The number of nitrogens with one attached hydrogen (secondary N) is 1. The first-order valence-electron chi connectivity index (χ1n) is 8.38. The van der Waals surface area contributed by atoms with Gasteiger partial charge in [-0.1, -0.05) is 6.42 Å². The van der Waals surface area contributed by atoms with E-state index in [1.165, 1.54) is 12.6 Å². The minimum absolute atomic E-state index is 0.468. The fourth-order valence-corrected chi connectivity index (χ4v) is 3.20. The number of ether oxygens (including phenoxy) is 2. The third-order valence-corrected chi connectivity index (χ3v) is 4.74. The van der Waals surface area contributed by atoms with Crippen LogP contribution >= 0.6 is 0 Å². The number of nitrogens with zero attached hydrogens (tertiary/aromatic N) is 3. The van der Waals surface area contributed by atoms with Crippen molar-refractivity contribution in [3.05, 3.63) is 18.5 Å². The minimum Gasteiger partial charge on any atom is -0.493 e. The Balaban J connectivity index is 2.02. The molecule has 0 saturated heterocycles. The van der Waals surface area contributed by atoms with Crippen molar-refractivity contribution in [1.29, 1.82) is 0 Å². The number of rotatable bonds is 10. The largest absolute Gasteiger partial charge is 0.493 e. The van der Waals surface area contributed by atoms with Crippen molar-refractivity contribution in [3.8, 4) is 11.5 Å². The molecule has 26 heavy (non-hydrogen) atoms. The van der Waals surface area contributed by atoms with Crippen LogP contribution in [0.4, 0.5) is 5.82 Å². The molecule has 144 valence electrons. The smallest absolute Gasteiger partial charge is 0.208 e. The van der Waals surface area contributed by atoms with Gasteiger partial charge in [0.2, 0.25) is 10.0 Å². The van der Waals surface area contributed by atoms with E-state index >= 15 is 0 Å². The lowest BCUT2D eigenvalue weighted by molar-refractivity contribution is 0.356. The Labute approximate surface area is 154 Å². The second-order valence-corrected chi connectivity index (χ2v) is 7.90. The second kappa shape index (κ2) is 9.00. The van der Waals surface area contributed by atoms with Crippen LogP contribution in [-0.2, 0) is 10.0 Å². The van der Waals surface area contributed by atoms with Crippen molar-refractivity contribution in [1.82, 2.24) is 14.7 Å². The van der Waals surface area contributed by atoms with Crippen LogP contribution in [0, 0.1) is 0 Å². The minimum atomic E-state index is -3.11. The maximum Gasteiger partial charge on any atom is 0.208 e. The molecule has 0 bridgehead atoms. The summed E-state index contributed by atoms with van der Waals surface area (Å²) >= 11 is 0. The molecule has 0 saturated carbocycles. The van der Waals surface area contributed by atoms with E-state index in [0.717, 1.165) is 42.5 Å². The predicted octanol–water partition coefficient (Wildman–Crippen LogP) is 1.80. The lowest BCUT2D eigenvalue weighted by Crippen LogP contribution is -2.23. The summed E-state index contributed by atoms with van der Waals surface area (Å²) < 4.78 is 35.3. The van der Waals surface area contributed by atoms with E-state index in [0.29, 0.717) is 18.0 Å². The molecule has 2 aromatic rings. The van der Waals surface area contributed by atoms with E-state index in [2.05, 4.69) is 19.6 Å². The van der Waals surface area contributed by atoms with Gasteiger partial charge in [-0.05, 0) is 18.9 Å². The number of hydrogen-bond donors (Lipinski definition) is 1. The molecule has 0 aliphatic carbocycles. The average Bonchev–Trinajstić information content (AvgIpc) is 2.61. The molecule has 0 fully saturated rings. The fourth-order valence-electron chi connectivity index (χ4n) is 2.69. The molecule has 0 aliphatic rings. The van der Waals surface area contributed by atoms with E-state index < -0.39 is 10.0 Å². The van der Waals surface area contributed by atoms with Gasteiger partial charge in [-0.3, -0.25) is 0 Å². The maximum absolute atomic E-state index is 11.0. The average molecular weight is 382 g/mol. The number of methoxy groups -OCH3 is 2.